The molecule has 0 atom stereocenters. The van der Waals surface area contributed by atoms with E-state index < -0.39 is 4.92 Å². The van der Waals surface area contributed by atoms with Crippen molar-refractivity contribution >= 4 is 35.3 Å². The molecule has 0 aliphatic heterocycles. The van der Waals surface area contributed by atoms with Crippen LogP contribution in [0.5, 0.6) is 0 Å². The zero-order valence-corrected chi connectivity index (χ0v) is 15.2. The molecule has 0 spiro atoms. The van der Waals surface area contributed by atoms with Gasteiger partial charge >= 0.3 is 0 Å². The van der Waals surface area contributed by atoms with E-state index in [1.165, 1.54) is 12.1 Å². The highest BCUT2D eigenvalue weighted by Crippen LogP contribution is 2.36. The van der Waals surface area contributed by atoms with Gasteiger partial charge in [0.05, 0.1) is 9.82 Å². The van der Waals surface area contributed by atoms with Crippen molar-refractivity contribution in [3.05, 3.63) is 63.2 Å². The smallest absolute Gasteiger partial charge is 0.284 e. The number of hydrogen-bond donors (Lipinski definition) is 0. The van der Waals surface area contributed by atoms with Crippen molar-refractivity contribution in [3.63, 3.8) is 0 Å². The van der Waals surface area contributed by atoms with Crippen LogP contribution in [0.25, 0.3) is 11.4 Å². The molecule has 9 heteroatoms. The first-order valence-corrected chi connectivity index (χ1v) is 8.83. The average molecular weight is 389 g/mol. The monoisotopic (exact) mass is 388 g/mol. The van der Waals surface area contributed by atoms with Gasteiger partial charge in [0.15, 0.2) is 11.0 Å². The minimum absolute atomic E-state index is 0.144. The van der Waals surface area contributed by atoms with Gasteiger partial charge in [-0.1, -0.05) is 29.8 Å². The van der Waals surface area contributed by atoms with E-state index >= 15 is 0 Å². The summed E-state index contributed by atoms with van der Waals surface area (Å²) in [4.78, 5) is 22.1. The molecule has 1 heterocycles. The lowest BCUT2D eigenvalue weighted by Gasteiger charge is -2.08. The third-order valence-electron chi connectivity index (χ3n) is 3.63. The molecule has 0 amide bonds. The van der Waals surface area contributed by atoms with Crippen molar-refractivity contribution in [2.24, 2.45) is 0 Å². The van der Waals surface area contributed by atoms with E-state index in [0.717, 1.165) is 17.3 Å². The first-order valence-electron chi connectivity index (χ1n) is 7.64. The summed E-state index contributed by atoms with van der Waals surface area (Å²) < 4.78 is 1.85. The maximum Gasteiger partial charge on any atom is 0.284 e. The van der Waals surface area contributed by atoms with Crippen molar-refractivity contribution < 1.29 is 9.72 Å². The van der Waals surface area contributed by atoms with Crippen LogP contribution in [0, 0.1) is 10.1 Å². The van der Waals surface area contributed by atoms with Crippen molar-refractivity contribution in [1.82, 2.24) is 14.8 Å². The molecular weight excluding hydrogens is 376 g/mol. The minimum atomic E-state index is -0.514. The molecule has 2 aromatic carbocycles. The van der Waals surface area contributed by atoms with E-state index in [1.54, 1.807) is 18.2 Å². The number of benzene rings is 2. The molecule has 0 N–H and O–H groups in total. The van der Waals surface area contributed by atoms with E-state index in [0.29, 0.717) is 33.7 Å². The highest BCUT2D eigenvalue weighted by molar-refractivity contribution is 7.99. The summed E-state index contributed by atoms with van der Waals surface area (Å²) in [5.41, 5.74) is 0.914. The first kappa shape index (κ1) is 18.1. The fourth-order valence-electron chi connectivity index (χ4n) is 2.43. The number of halogens is 1. The Morgan fingerprint density at radius 2 is 2.08 bits per heavy atom. The largest absolute Gasteiger partial charge is 0.302 e. The molecule has 0 bridgehead atoms. The molecule has 0 fully saturated rings. The molecule has 0 unspecified atom stereocenters. The zero-order chi connectivity index (χ0) is 18.7. The second-order valence-corrected chi connectivity index (χ2v) is 6.71. The quantitative estimate of drug-likeness (QED) is 0.351. The Labute approximate surface area is 158 Å². The Morgan fingerprint density at radius 1 is 1.27 bits per heavy atom. The molecule has 3 rings (SSSR count). The fraction of sp³-hybridized carbons (Fsp3) is 0.118. The Balaban J connectivity index is 2.02. The van der Waals surface area contributed by atoms with Crippen LogP contribution in [0.4, 0.5) is 5.69 Å². The van der Waals surface area contributed by atoms with Crippen LogP contribution < -0.4 is 0 Å². The van der Waals surface area contributed by atoms with Crippen molar-refractivity contribution in [3.8, 4) is 11.4 Å². The van der Waals surface area contributed by atoms with Crippen LogP contribution in [-0.2, 0) is 6.54 Å². The van der Waals surface area contributed by atoms with E-state index in [4.69, 9.17) is 11.6 Å². The van der Waals surface area contributed by atoms with E-state index in [1.807, 2.05) is 23.6 Å². The van der Waals surface area contributed by atoms with Gasteiger partial charge in [-0.25, -0.2) is 0 Å². The molecule has 1 aromatic heterocycles. The summed E-state index contributed by atoms with van der Waals surface area (Å²) in [5.74, 6) is 0.629. The summed E-state index contributed by atoms with van der Waals surface area (Å²) in [6.45, 7) is 2.52. The lowest BCUT2D eigenvalue weighted by molar-refractivity contribution is -0.387. The van der Waals surface area contributed by atoms with Crippen LogP contribution in [-0.4, -0.2) is 26.0 Å². The van der Waals surface area contributed by atoms with Gasteiger partial charge in [-0.3, -0.25) is 14.9 Å². The molecule has 7 nitrogen and oxygen atoms in total. The van der Waals surface area contributed by atoms with Crippen molar-refractivity contribution in [2.75, 3.05) is 0 Å². The molecule has 26 heavy (non-hydrogen) atoms. The minimum Gasteiger partial charge on any atom is -0.302 e. The van der Waals surface area contributed by atoms with Gasteiger partial charge in [-0.15, -0.1) is 10.2 Å². The lowest BCUT2D eigenvalue weighted by Crippen LogP contribution is -2.00. The van der Waals surface area contributed by atoms with Crippen molar-refractivity contribution in [1.29, 1.82) is 0 Å². The Hall–Kier alpha value is -2.71. The molecule has 0 saturated carbocycles. The number of hydrogen-bond acceptors (Lipinski definition) is 6. The number of nitro groups is 1. The Morgan fingerprint density at radius 3 is 2.73 bits per heavy atom. The molecule has 0 aliphatic rings. The van der Waals surface area contributed by atoms with E-state index in [9.17, 15) is 14.9 Å². The van der Waals surface area contributed by atoms with Gasteiger partial charge in [0, 0.05) is 28.8 Å². The highest BCUT2D eigenvalue weighted by atomic mass is 35.5. The second-order valence-electron chi connectivity index (χ2n) is 5.26. The van der Waals surface area contributed by atoms with Crippen LogP contribution in [0.3, 0.4) is 0 Å². The number of aldehydes is 1. The molecule has 0 radical (unpaired) electrons. The number of carbonyl (C=O) groups is 1. The number of aromatic nitrogens is 3. The summed E-state index contributed by atoms with van der Waals surface area (Å²) >= 11 is 7.18. The lowest BCUT2D eigenvalue weighted by atomic mass is 10.2. The molecular formula is C17H13ClN4O3S. The topological polar surface area (TPSA) is 90.9 Å². The summed E-state index contributed by atoms with van der Waals surface area (Å²) in [7, 11) is 0. The SMILES string of the molecule is CCn1c(Sc2ccc(C=O)cc2[N+](=O)[O-])nnc1-c1cccc(Cl)c1. The molecule has 3 aromatic rings. The normalized spacial score (nSPS) is 10.7. The number of carbonyl (C=O) groups excluding carboxylic acids is 1. The van der Waals surface area contributed by atoms with E-state index in [2.05, 4.69) is 10.2 Å². The van der Waals surface area contributed by atoms with Crippen molar-refractivity contribution in [2.45, 2.75) is 23.5 Å². The predicted molar refractivity (Wildman–Crippen MR) is 98.7 cm³/mol. The third-order valence-corrected chi connectivity index (χ3v) is 4.92. The van der Waals surface area contributed by atoms with Crippen LogP contribution in [0.15, 0.2) is 52.5 Å². The first-order chi connectivity index (χ1) is 12.5. The van der Waals surface area contributed by atoms with Gasteiger partial charge in [0.2, 0.25) is 0 Å². The second kappa shape index (κ2) is 7.67. The van der Waals surface area contributed by atoms with Gasteiger partial charge < -0.3 is 4.57 Å². The zero-order valence-electron chi connectivity index (χ0n) is 13.6. The highest BCUT2D eigenvalue weighted by Gasteiger charge is 2.20. The van der Waals surface area contributed by atoms with Crippen LogP contribution in [0.2, 0.25) is 5.02 Å². The van der Waals surface area contributed by atoms with Gasteiger partial charge in [0.25, 0.3) is 5.69 Å². The molecule has 0 saturated heterocycles. The Bertz CT molecular complexity index is 990. The maximum absolute atomic E-state index is 11.3. The molecule has 132 valence electrons. The number of nitrogens with zero attached hydrogens (tertiary/aromatic N) is 4. The summed E-state index contributed by atoms with van der Waals surface area (Å²) in [6.07, 6.45) is 0.577. The number of rotatable bonds is 6. The fourth-order valence-corrected chi connectivity index (χ4v) is 3.59. The standard InChI is InChI=1S/C17H13ClN4O3S/c1-2-21-16(12-4-3-5-13(18)9-12)19-20-17(21)26-15-7-6-11(10-23)8-14(15)22(24)25/h3-10H,2H2,1H3. The van der Waals surface area contributed by atoms with Gasteiger partial charge in [-0.05, 0) is 36.9 Å². The third kappa shape index (κ3) is 3.61. The van der Waals surface area contributed by atoms with Crippen LogP contribution >= 0.6 is 23.4 Å². The van der Waals surface area contributed by atoms with Gasteiger partial charge in [0.1, 0.15) is 6.29 Å². The summed E-state index contributed by atoms with van der Waals surface area (Å²) in [6, 6.07) is 11.6. The maximum atomic E-state index is 11.3. The van der Waals surface area contributed by atoms with Crippen LogP contribution in [0.1, 0.15) is 17.3 Å². The predicted octanol–water partition coefficient (Wildman–Crippen LogP) is 4.49. The number of nitro benzene ring substituents is 1. The summed E-state index contributed by atoms with van der Waals surface area (Å²) in [5, 5.41) is 20.8. The van der Waals surface area contributed by atoms with E-state index in [-0.39, 0.29) is 11.3 Å². The van der Waals surface area contributed by atoms with Gasteiger partial charge in [-0.2, -0.15) is 0 Å². The Kier molecular flexibility index (Phi) is 5.34. The molecule has 0 aliphatic carbocycles. The average Bonchev–Trinajstić information content (AvgIpc) is 3.04.